The van der Waals surface area contributed by atoms with Crippen LogP contribution >= 0.6 is 11.8 Å². The number of nitro groups is 1. The first-order chi connectivity index (χ1) is 4.72. The molecule has 0 aromatic carbocycles. The zero-order valence-electron chi connectivity index (χ0n) is 5.86. The molecular formula is C5H9NO3S. The minimum Gasteiger partial charge on any atom is -0.444 e. The molecule has 0 amide bonds. The molecule has 0 unspecified atom stereocenters. The van der Waals surface area contributed by atoms with Crippen LogP contribution in [0.5, 0.6) is 0 Å². The van der Waals surface area contributed by atoms with Gasteiger partial charge in [-0.05, 0) is 5.75 Å². The molecule has 0 saturated carbocycles. The maximum atomic E-state index is 10.0. The average Bonchev–Trinajstić information content (AvgIpc) is 1.89. The van der Waals surface area contributed by atoms with Gasteiger partial charge in [-0.25, -0.2) is 0 Å². The Labute approximate surface area is 63.4 Å². The highest BCUT2D eigenvalue weighted by Crippen LogP contribution is 2.06. The van der Waals surface area contributed by atoms with E-state index in [9.17, 15) is 10.1 Å². The summed E-state index contributed by atoms with van der Waals surface area (Å²) in [6.07, 6.45) is 0. The van der Waals surface area contributed by atoms with E-state index in [0.29, 0.717) is 0 Å². The van der Waals surface area contributed by atoms with Crippen LogP contribution in [0.1, 0.15) is 6.92 Å². The summed E-state index contributed by atoms with van der Waals surface area (Å²) in [6, 6.07) is 0. The smallest absolute Gasteiger partial charge is 0.434 e. The van der Waals surface area contributed by atoms with Crippen molar-refractivity contribution in [3.05, 3.63) is 21.4 Å². The maximum absolute atomic E-state index is 10.0. The van der Waals surface area contributed by atoms with E-state index in [0.717, 1.165) is 5.75 Å². The highest BCUT2D eigenvalue weighted by atomic mass is 32.2. The minimum atomic E-state index is -0.553. The predicted molar refractivity (Wildman–Crippen MR) is 40.2 cm³/mol. The first kappa shape index (κ1) is 9.29. The van der Waals surface area contributed by atoms with E-state index in [1.807, 2.05) is 6.92 Å². The van der Waals surface area contributed by atoms with Gasteiger partial charge in [0.05, 0.1) is 12.5 Å². The van der Waals surface area contributed by atoms with E-state index in [-0.39, 0.29) is 5.88 Å². The summed E-state index contributed by atoms with van der Waals surface area (Å²) >= 11 is 1.34. The van der Waals surface area contributed by atoms with Crippen molar-refractivity contribution in [2.24, 2.45) is 0 Å². The van der Waals surface area contributed by atoms with E-state index >= 15 is 0 Å². The van der Waals surface area contributed by atoms with Gasteiger partial charge >= 0.3 is 5.88 Å². The van der Waals surface area contributed by atoms with Crippen LogP contribution in [0.4, 0.5) is 0 Å². The molecule has 10 heavy (non-hydrogen) atoms. The largest absolute Gasteiger partial charge is 0.444 e. The van der Waals surface area contributed by atoms with Gasteiger partial charge in [0.15, 0.2) is 0 Å². The third kappa shape index (κ3) is 3.34. The molecule has 0 heterocycles. The molecule has 0 rings (SSSR count). The molecule has 0 atom stereocenters. The van der Waals surface area contributed by atoms with Gasteiger partial charge in [0.2, 0.25) is 0 Å². The van der Waals surface area contributed by atoms with Crippen molar-refractivity contribution in [3.8, 4) is 0 Å². The van der Waals surface area contributed by atoms with Gasteiger partial charge in [0.1, 0.15) is 4.92 Å². The normalized spacial score (nSPS) is 11.2. The Morgan fingerprint density at radius 2 is 2.50 bits per heavy atom. The number of methoxy groups -OCH3 is 1. The zero-order valence-corrected chi connectivity index (χ0v) is 6.68. The second kappa shape index (κ2) is 5.10. The van der Waals surface area contributed by atoms with Crippen molar-refractivity contribution in [2.45, 2.75) is 6.92 Å². The summed E-state index contributed by atoms with van der Waals surface area (Å²) in [7, 11) is 1.28. The summed E-state index contributed by atoms with van der Waals surface area (Å²) in [5.74, 6) is 0.604. The van der Waals surface area contributed by atoms with Crippen molar-refractivity contribution >= 4 is 11.8 Å². The number of hydrogen-bond donors (Lipinski definition) is 0. The molecule has 0 saturated heterocycles. The number of ether oxygens (including phenoxy) is 1. The second-order valence-electron chi connectivity index (χ2n) is 1.37. The molecule has 0 aromatic rings. The Morgan fingerprint density at radius 3 is 2.80 bits per heavy atom. The highest BCUT2D eigenvalue weighted by Gasteiger charge is 2.07. The third-order valence-electron chi connectivity index (χ3n) is 0.740. The standard InChI is InChI=1S/C5H9NO3S/c1-3-10-4-5(9-2)6(7)8/h4H,3H2,1-2H3. The van der Waals surface area contributed by atoms with Gasteiger partial charge in [-0.3, -0.25) is 10.1 Å². The van der Waals surface area contributed by atoms with Gasteiger partial charge in [0, 0.05) is 0 Å². The van der Waals surface area contributed by atoms with E-state index in [1.165, 1.54) is 24.3 Å². The fourth-order valence-electron chi connectivity index (χ4n) is 0.320. The minimum absolute atomic E-state index is 0.202. The number of nitrogens with zero attached hydrogens (tertiary/aromatic N) is 1. The summed E-state index contributed by atoms with van der Waals surface area (Å²) in [5, 5.41) is 11.4. The third-order valence-corrected chi connectivity index (χ3v) is 1.44. The van der Waals surface area contributed by atoms with Gasteiger partial charge < -0.3 is 4.74 Å². The van der Waals surface area contributed by atoms with Crippen molar-refractivity contribution in [1.29, 1.82) is 0 Å². The SMILES string of the molecule is CCSC=C(OC)[N+](=O)[O-]. The van der Waals surface area contributed by atoms with Gasteiger partial charge in [0.25, 0.3) is 0 Å². The summed E-state index contributed by atoms with van der Waals surface area (Å²) in [4.78, 5) is 9.48. The summed E-state index contributed by atoms with van der Waals surface area (Å²) < 4.78 is 4.46. The fraction of sp³-hybridized carbons (Fsp3) is 0.600. The molecule has 0 aliphatic heterocycles. The summed E-state index contributed by atoms with van der Waals surface area (Å²) in [5.41, 5.74) is 0. The Balaban J connectivity index is 3.91. The van der Waals surface area contributed by atoms with E-state index in [4.69, 9.17) is 0 Å². The monoisotopic (exact) mass is 163 g/mol. The van der Waals surface area contributed by atoms with Crippen molar-refractivity contribution in [1.82, 2.24) is 0 Å². The lowest BCUT2D eigenvalue weighted by Gasteiger charge is -1.92. The first-order valence-corrected chi connectivity index (χ1v) is 3.77. The molecule has 0 bridgehead atoms. The van der Waals surface area contributed by atoms with E-state index in [2.05, 4.69) is 4.74 Å². The molecule has 0 radical (unpaired) electrons. The second-order valence-corrected chi connectivity index (χ2v) is 2.52. The number of rotatable bonds is 4. The van der Waals surface area contributed by atoms with Crippen molar-refractivity contribution < 1.29 is 9.66 Å². The molecule has 0 aliphatic rings. The molecular weight excluding hydrogens is 154 g/mol. The number of hydrogen-bond acceptors (Lipinski definition) is 4. The Bertz CT molecular complexity index is 146. The molecule has 0 aliphatic carbocycles. The average molecular weight is 163 g/mol. The Kier molecular flexibility index (Phi) is 4.74. The topological polar surface area (TPSA) is 52.4 Å². The lowest BCUT2D eigenvalue weighted by molar-refractivity contribution is -0.460. The molecule has 4 nitrogen and oxygen atoms in total. The zero-order chi connectivity index (χ0) is 7.98. The van der Waals surface area contributed by atoms with Crippen LogP contribution < -0.4 is 0 Å². The van der Waals surface area contributed by atoms with Crippen LogP contribution in [0.25, 0.3) is 0 Å². The van der Waals surface area contributed by atoms with Crippen LogP contribution in [0.3, 0.4) is 0 Å². The van der Waals surface area contributed by atoms with Crippen LogP contribution in [-0.4, -0.2) is 17.8 Å². The fourth-order valence-corrected chi connectivity index (χ4v) is 0.812. The summed E-state index contributed by atoms with van der Waals surface area (Å²) in [6.45, 7) is 1.91. The molecule has 0 spiro atoms. The first-order valence-electron chi connectivity index (χ1n) is 2.72. The maximum Gasteiger partial charge on any atom is 0.434 e. The quantitative estimate of drug-likeness (QED) is 0.357. The van der Waals surface area contributed by atoms with Gasteiger partial charge in [-0.2, -0.15) is 0 Å². The van der Waals surface area contributed by atoms with Crippen molar-refractivity contribution in [3.63, 3.8) is 0 Å². The lowest BCUT2D eigenvalue weighted by atomic mass is 10.9. The predicted octanol–water partition coefficient (Wildman–Crippen LogP) is 1.46. The molecule has 0 fully saturated rings. The van der Waals surface area contributed by atoms with Crippen LogP contribution in [0.15, 0.2) is 11.3 Å². The Hall–Kier alpha value is -0.710. The van der Waals surface area contributed by atoms with Crippen LogP contribution in [0, 0.1) is 10.1 Å². The van der Waals surface area contributed by atoms with E-state index < -0.39 is 4.92 Å². The molecule has 5 heteroatoms. The van der Waals surface area contributed by atoms with Crippen LogP contribution in [-0.2, 0) is 4.74 Å². The highest BCUT2D eigenvalue weighted by molar-refractivity contribution is 8.02. The molecule has 0 aromatic heterocycles. The lowest BCUT2D eigenvalue weighted by Crippen LogP contribution is -1.99. The van der Waals surface area contributed by atoms with Gasteiger partial charge in [-0.1, -0.05) is 6.92 Å². The van der Waals surface area contributed by atoms with E-state index in [1.54, 1.807) is 0 Å². The molecule has 58 valence electrons. The Morgan fingerprint density at radius 1 is 1.90 bits per heavy atom. The number of thioether (sulfide) groups is 1. The van der Waals surface area contributed by atoms with Gasteiger partial charge in [-0.15, -0.1) is 11.8 Å². The molecule has 0 N–H and O–H groups in total. The van der Waals surface area contributed by atoms with Crippen molar-refractivity contribution in [2.75, 3.05) is 12.9 Å². The van der Waals surface area contributed by atoms with Crippen LogP contribution in [0.2, 0.25) is 0 Å².